The van der Waals surface area contributed by atoms with Crippen molar-refractivity contribution in [3.8, 4) is 0 Å². The van der Waals surface area contributed by atoms with Gasteiger partial charge in [-0.25, -0.2) is 0 Å². The van der Waals surface area contributed by atoms with Crippen molar-refractivity contribution in [1.29, 1.82) is 10.8 Å². The molecule has 3 amide bonds. The highest BCUT2D eigenvalue weighted by Crippen LogP contribution is 2.38. The molecule has 186 valence electrons. The minimum atomic E-state index is -1.31. The van der Waals surface area contributed by atoms with Crippen LogP contribution in [0.15, 0.2) is 42.5 Å². The van der Waals surface area contributed by atoms with Crippen molar-refractivity contribution in [2.45, 2.75) is 42.7 Å². The quantitative estimate of drug-likeness (QED) is 0.263. The Bertz CT molecular complexity index is 1310. The first kappa shape index (κ1) is 22.3. The Morgan fingerprint density at radius 1 is 1.08 bits per heavy atom. The third-order valence-corrected chi connectivity index (χ3v) is 7.64. The molecule has 0 saturated carbocycles. The zero-order valence-electron chi connectivity index (χ0n) is 19.2. The van der Waals surface area contributed by atoms with Gasteiger partial charge in [0.05, 0.1) is 24.7 Å². The van der Waals surface area contributed by atoms with E-state index in [-0.39, 0.29) is 55.6 Å². The second-order valence-electron chi connectivity index (χ2n) is 9.61. The first-order valence-electron chi connectivity index (χ1n) is 11.9. The summed E-state index contributed by atoms with van der Waals surface area (Å²) in [6.07, 6.45) is -0.902. The Balaban J connectivity index is 1.29. The van der Waals surface area contributed by atoms with E-state index in [9.17, 15) is 19.5 Å². The van der Waals surface area contributed by atoms with Gasteiger partial charge in [-0.3, -0.25) is 30.1 Å². The molecule has 4 aliphatic rings. The second kappa shape index (κ2) is 7.92. The van der Waals surface area contributed by atoms with Crippen LogP contribution < -0.4 is 21.3 Å². The molecule has 36 heavy (non-hydrogen) atoms. The molecule has 12 heteroatoms. The van der Waals surface area contributed by atoms with Crippen LogP contribution in [0.1, 0.15) is 23.2 Å². The number of guanidine groups is 2. The number of rotatable bonds is 4. The van der Waals surface area contributed by atoms with Gasteiger partial charge in [0.2, 0.25) is 11.8 Å². The van der Waals surface area contributed by atoms with Crippen molar-refractivity contribution in [3.05, 3.63) is 48.0 Å². The maximum Gasteiger partial charge on any atom is 0.252 e. The number of aliphatic hydroxyl groups excluding tert-OH is 1. The maximum absolute atomic E-state index is 13.3. The number of nitrogens with one attached hydrogen (secondary N) is 6. The molecule has 4 unspecified atom stereocenters. The molecule has 0 aliphatic carbocycles. The van der Waals surface area contributed by atoms with E-state index in [2.05, 4.69) is 21.3 Å². The predicted octanol–water partition coefficient (Wildman–Crippen LogP) is -1.14. The molecule has 1 spiro atoms. The van der Waals surface area contributed by atoms with Gasteiger partial charge in [0.1, 0.15) is 6.10 Å². The molecule has 4 fully saturated rings. The van der Waals surface area contributed by atoms with Crippen molar-refractivity contribution in [1.82, 2.24) is 31.1 Å². The van der Waals surface area contributed by atoms with Gasteiger partial charge in [-0.2, -0.15) is 0 Å². The lowest BCUT2D eigenvalue weighted by atomic mass is 9.87. The van der Waals surface area contributed by atoms with Crippen molar-refractivity contribution in [2.75, 3.05) is 13.1 Å². The summed E-state index contributed by atoms with van der Waals surface area (Å²) < 4.78 is 0. The Morgan fingerprint density at radius 3 is 2.58 bits per heavy atom. The minimum absolute atomic E-state index is 0.00200. The van der Waals surface area contributed by atoms with E-state index in [0.29, 0.717) is 5.56 Å². The van der Waals surface area contributed by atoms with Gasteiger partial charge in [-0.05, 0) is 16.8 Å². The topological polar surface area (TPSA) is 174 Å². The largest absolute Gasteiger partial charge is 0.386 e. The van der Waals surface area contributed by atoms with Gasteiger partial charge in [0.15, 0.2) is 17.6 Å². The van der Waals surface area contributed by atoms with E-state index in [0.717, 1.165) is 10.8 Å². The van der Waals surface area contributed by atoms with Gasteiger partial charge in [-0.1, -0.05) is 36.4 Å². The van der Waals surface area contributed by atoms with Crippen LogP contribution in [-0.2, 0) is 9.59 Å². The standard InChI is InChI=1S/C24H26N8O4/c25-22-29-19-15(10-31-17(33)8-9-18(31)34)28-23(26)32-11-16(20(35)24(19,32)30-22)27-21(36)14-7-3-5-12-4-1-2-6-13(12)14/h1-7,15-16,19-20,35H,8-11H2,(H2,26,28)(H,27,36)(H3,25,29,30)/t15?,16-,19?,20?,24?/m0/s1. The van der Waals surface area contributed by atoms with Crippen LogP contribution in [0.25, 0.3) is 10.8 Å². The molecule has 5 atom stereocenters. The molecule has 4 heterocycles. The summed E-state index contributed by atoms with van der Waals surface area (Å²) in [6, 6.07) is 10.9. The average Bonchev–Trinajstić information content (AvgIpc) is 3.48. The number of hydrogen-bond acceptors (Lipinski definition) is 6. The van der Waals surface area contributed by atoms with Gasteiger partial charge < -0.3 is 31.3 Å². The number of carbonyl (C=O) groups is 3. The molecular weight excluding hydrogens is 464 g/mol. The van der Waals surface area contributed by atoms with Crippen molar-refractivity contribution in [2.24, 2.45) is 0 Å². The van der Waals surface area contributed by atoms with Gasteiger partial charge in [0.25, 0.3) is 5.91 Å². The van der Waals surface area contributed by atoms with Crippen molar-refractivity contribution < 1.29 is 19.5 Å². The number of benzene rings is 2. The summed E-state index contributed by atoms with van der Waals surface area (Å²) in [5.41, 5.74) is -0.839. The fourth-order valence-electron chi connectivity index (χ4n) is 5.98. The zero-order chi connectivity index (χ0) is 25.2. The number of hydrogen-bond donors (Lipinski definition) is 7. The second-order valence-corrected chi connectivity index (χ2v) is 9.61. The highest BCUT2D eigenvalue weighted by molar-refractivity contribution is 6.07. The molecule has 12 nitrogen and oxygen atoms in total. The third kappa shape index (κ3) is 3.14. The normalized spacial score (nSPS) is 31.1. The summed E-state index contributed by atoms with van der Waals surface area (Å²) in [5, 5.41) is 42.1. The van der Waals surface area contributed by atoms with Gasteiger partial charge in [0, 0.05) is 24.9 Å². The van der Waals surface area contributed by atoms with Crippen LogP contribution in [0.4, 0.5) is 0 Å². The van der Waals surface area contributed by atoms with Crippen LogP contribution in [0.3, 0.4) is 0 Å². The van der Waals surface area contributed by atoms with Gasteiger partial charge >= 0.3 is 0 Å². The summed E-state index contributed by atoms with van der Waals surface area (Å²) in [6.45, 7) is 0.123. The van der Waals surface area contributed by atoms with Gasteiger partial charge in [-0.15, -0.1) is 0 Å². The molecule has 2 aromatic carbocycles. The minimum Gasteiger partial charge on any atom is -0.386 e. The molecule has 4 saturated heterocycles. The molecule has 0 radical (unpaired) electrons. The monoisotopic (exact) mass is 490 g/mol. The first-order chi connectivity index (χ1) is 17.3. The molecule has 4 aliphatic heterocycles. The summed E-state index contributed by atoms with van der Waals surface area (Å²) in [7, 11) is 0. The molecule has 6 rings (SSSR count). The number of carbonyl (C=O) groups excluding carboxylic acids is 3. The average molecular weight is 491 g/mol. The first-order valence-corrected chi connectivity index (χ1v) is 11.9. The molecular formula is C24H26N8O4. The SMILES string of the molecule is N=C1NC2C(CN3C(=O)CCC3=O)NC(=N)N3C[C@H](NC(=O)c4cccc5ccccc45)C(O)C23N1. The summed E-state index contributed by atoms with van der Waals surface area (Å²) in [4.78, 5) is 40.5. The Hall–Kier alpha value is -4.19. The van der Waals surface area contributed by atoms with E-state index in [1.54, 1.807) is 17.0 Å². The number of imide groups is 1. The van der Waals surface area contributed by atoms with Crippen LogP contribution in [0.2, 0.25) is 0 Å². The fourth-order valence-corrected chi connectivity index (χ4v) is 5.98. The maximum atomic E-state index is 13.3. The van der Waals surface area contributed by atoms with Crippen LogP contribution in [0.5, 0.6) is 0 Å². The lowest BCUT2D eigenvalue weighted by molar-refractivity contribution is -0.139. The zero-order valence-corrected chi connectivity index (χ0v) is 19.2. The number of amides is 3. The third-order valence-electron chi connectivity index (χ3n) is 7.64. The molecule has 0 aromatic heterocycles. The Kier molecular flexibility index (Phi) is 4.90. The highest BCUT2D eigenvalue weighted by atomic mass is 16.3. The smallest absolute Gasteiger partial charge is 0.252 e. The summed E-state index contributed by atoms with van der Waals surface area (Å²) in [5.74, 6) is -0.990. The lowest BCUT2D eigenvalue weighted by Crippen LogP contribution is -2.78. The van der Waals surface area contributed by atoms with E-state index >= 15 is 0 Å². The Morgan fingerprint density at radius 2 is 1.81 bits per heavy atom. The predicted molar refractivity (Wildman–Crippen MR) is 129 cm³/mol. The van der Waals surface area contributed by atoms with E-state index < -0.39 is 29.9 Å². The number of nitrogens with zero attached hydrogens (tertiary/aromatic N) is 2. The lowest BCUT2D eigenvalue weighted by Gasteiger charge is -2.49. The van der Waals surface area contributed by atoms with E-state index in [1.807, 2.05) is 30.3 Å². The van der Waals surface area contributed by atoms with Crippen molar-refractivity contribution >= 4 is 40.4 Å². The Labute approximate surface area is 206 Å². The van der Waals surface area contributed by atoms with Crippen LogP contribution in [-0.4, -0.2) is 87.5 Å². The van der Waals surface area contributed by atoms with Crippen LogP contribution >= 0.6 is 0 Å². The molecule has 7 N–H and O–H groups in total. The van der Waals surface area contributed by atoms with E-state index in [1.165, 1.54) is 4.90 Å². The number of fused-ring (bicyclic) bond motifs is 1. The molecule has 2 aromatic rings. The molecule has 0 bridgehead atoms. The van der Waals surface area contributed by atoms with E-state index in [4.69, 9.17) is 10.8 Å². The van der Waals surface area contributed by atoms with Crippen molar-refractivity contribution in [3.63, 3.8) is 0 Å². The van der Waals surface area contributed by atoms with Crippen LogP contribution in [0, 0.1) is 10.8 Å². The highest BCUT2D eigenvalue weighted by Gasteiger charge is 2.67. The number of likely N-dealkylation sites (tertiary alicyclic amines) is 1. The summed E-state index contributed by atoms with van der Waals surface area (Å²) >= 11 is 0. The fraction of sp³-hybridized carbons (Fsp3) is 0.375. The number of aliphatic hydroxyl groups is 1.